The Balaban J connectivity index is 2.52. The fourth-order valence-corrected chi connectivity index (χ4v) is 2.43. The van der Waals surface area contributed by atoms with Gasteiger partial charge in [-0.1, -0.05) is 25.1 Å². The molecule has 0 fully saturated rings. The molecule has 21 heavy (non-hydrogen) atoms. The largest absolute Gasteiger partial charge is 0.370 e. The average Bonchev–Trinajstić information content (AvgIpc) is 2.49. The smallest absolute Gasteiger partial charge is 0.141 e. The van der Waals surface area contributed by atoms with Crippen molar-refractivity contribution in [1.29, 1.82) is 0 Å². The summed E-state index contributed by atoms with van der Waals surface area (Å²) in [6.07, 6.45) is 0.827. The number of aromatic nitrogens is 2. The summed E-state index contributed by atoms with van der Waals surface area (Å²) in [6, 6.07) is 8.35. The minimum Gasteiger partial charge on any atom is -0.370 e. The number of anilines is 3. The molecule has 0 aliphatic rings. The van der Waals surface area contributed by atoms with E-state index < -0.39 is 0 Å². The van der Waals surface area contributed by atoms with Gasteiger partial charge in [0, 0.05) is 31.3 Å². The highest BCUT2D eigenvalue weighted by molar-refractivity contribution is 5.68. The SMILES string of the molecule is CCNc1nc(CC)nc(N(C)c2ccccc2C)c1C. The van der Waals surface area contributed by atoms with Crippen molar-refractivity contribution in [3.8, 4) is 0 Å². The quantitative estimate of drug-likeness (QED) is 0.905. The number of hydrogen-bond donors (Lipinski definition) is 1. The Morgan fingerprint density at radius 2 is 1.81 bits per heavy atom. The van der Waals surface area contributed by atoms with E-state index in [9.17, 15) is 0 Å². The highest BCUT2D eigenvalue weighted by atomic mass is 15.2. The fourth-order valence-electron chi connectivity index (χ4n) is 2.43. The minimum atomic E-state index is 0.827. The fraction of sp³-hybridized carbons (Fsp3) is 0.412. The first-order valence-corrected chi connectivity index (χ1v) is 7.49. The van der Waals surface area contributed by atoms with E-state index in [1.807, 2.05) is 0 Å². The number of para-hydroxylation sites is 1. The molecule has 1 aromatic carbocycles. The van der Waals surface area contributed by atoms with E-state index in [-0.39, 0.29) is 0 Å². The zero-order valence-electron chi connectivity index (χ0n) is 13.6. The molecule has 0 unspecified atom stereocenters. The van der Waals surface area contributed by atoms with Crippen molar-refractivity contribution >= 4 is 17.3 Å². The molecule has 112 valence electrons. The van der Waals surface area contributed by atoms with Gasteiger partial charge in [0.15, 0.2) is 0 Å². The van der Waals surface area contributed by atoms with Gasteiger partial charge in [0.25, 0.3) is 0 Å². The zero-order chi connectivity index (χ0) is 15.4. The van der Waals surface area contributed by atoms with Crippen LogP contribution in [0.2, 0.25) is 0 Å². The lowest BCUT2D eigenvalue weighted by Gasteiger charge is -2.24. The van der Waals surface area contributed by atoms with Gasteiger partial charge in [0.05, 0.1) is 0 Å². The van der Waals surface area contributed by atoms with Gasteiger partial charge in [0.1, 0.15) is 17.5 Å². The van der Waals surface area contributed by atoms with Crippen LogP contribution in [0.3, 0.4) is 0 Å². The van der Waals surface area contributed by atoms with Crippen molar-refractivity contribution in [1.82, 2.24) is 9.97 Å². The van der Waals surface area contributed by atoms with E-state index in [0.717, 1.165) is 36.0 Å². The number of rotatable bonds is 5. The van der Waals surface area contributed by atoms with Gasteiger partial charge >= 0.3 is 0 Å². The molecule has 4 heteroatoms. The van der Waals surface area contributed by atoms with Crippen molar-refractivity contribution in [2.24, 2.45) is 0 Å². The molecule has 0 amide bonds. The molecule has 1 heterocycles. The Hall–Kier alpha value is -2.10. The van der Waals surface area contributed by atoms with Crippen molar-refractivity contribution in [2.75, 3.05) is 23.8 Å². The monoisotopic (exact) mass is 284 g/mol. The molecule has 0 aliphatic heterocycles. The first kappa shape index (κ1) is 15.3. The number of benzene rings is 1. The predicted octanol–water partition coefficient (Wildman–Crippen LogP) is 3.86. The van der Waals surface area contributed by atoms with Crippen molar-refractivity contribution in [2.45, 2.75) is 34.1 Å². The molecule has 0 saturated heterocycles. The lowest BCUT2D eigenvalue weighted by atomic mass is 10.1. The first-order chi connectivity index (χ1) is 10.1. The summed E-state index contributed by atoms with van der Waals surface area (Å²) in [7, 11) is 2.06. The average molecular weight is 284 g/mol. The molecular weight excluding hydrogens is 260 g/mol. The van der Waals surface area contributed by atoms with Gasteiger partial charge in [-0.2, -0.15) is 0 Å². The number of hydrogen-bond acceptors (Lipinski definition) is 4. The number of nitrogens with zero attached hydrogens (tertiary/aromatic N) is 3. The lowest BCUT2D eigenvalue weighted by Crippen LogP contribution is -2.17. The van der Waals surface area contributed by atoms with Crippen LogP contribution < -0.4 is 10.2 Å². The van der Waals surface area contributed by atoms with Crippen LogP contribution in [0.25, 0.3) is 0 Å². The van der Waals surface area contributed by atoms with Crippen LogP contribution in [0.4, 0.5) is 17.3 Å². The Kier molecular flexibility index (Phi) is 4.78. The van der Waals surface area contributed by atoms with Crippen molar-refractivity contribution in [3.05, 3.63) is 41.2 Å². The highest BCUT2D eigenvalue weighted by Gasteiger charge is 2.15. The molecule has 4 nitrogen and oxygen atoms in total. The summed E-state index contributed by atoms with van der Waals surface area (Å²) < 4.78 is 0. The second-order valence-corrected chi connectivity index (χ2v) is 5.17. The van der Waals surface area contributed by atoms with E-state index >= 15 is 0 Å². The first-order valence-electron chi connectivity index (χ1n) is 7.49. The maximum absolute atomic E-state index is 4.73. The van der Waals surface area contributed by atoms with Gasteiger partial charge in [-0.05, 0) is 32.4 Å². The van der Waals surface area contributed by atoms with Crippen molar-refractivity contribution < 1.29 is 0 Å². The van der Waals surface area contributed by atoms with E-state index in [1.165, 1.54) is 11.3 Å². The van der Waals surface area contributed by atoms with Crippen LogP contribution in [0.15, 0.2) is 24.3 Å². The molecule has 0 bridgehead atoms. The number of nitrogens with one attached hydrogen (secondary N) is 1. The molecule has 1 aromatic heterocycles. The second kappa shape index (κ2) is 6.57. The number of aryl methyl sites for hydroxylation is 2. The molecule has 1 N–H and O–H groups in total. The van der Waals surface area contributed by atoms with Gasteiger partial charge in [-0.3, -0.25) is 0 Å². The third-order valence-corrected chi connectivity index (χ3v) is 3.62. The summed E-state index contributed by atoms with van der Waals surface area (Å²) in [6.45, 7) is 9.21. The highest BCUT2D eigenvalue weighted by Crippen LogP contribution is 2.30. The normalized spacial score (nSPS) is 10.5. The maximum Gasteiger partial charge on any atom is 0.141 e. The van der Waals surface area contributed by atoms with Crippen molar-refractivity contribution in [3.63, 3.8) is 0 Å². The molecule has 0 aliphatic carbocycles. The standard InChI is InChI=1S/C17H24N4/c1-6-15-19-16(18-7-2)13(4)17(20-15)21(5)14-11-9-8-10-12(14)3/h8-11H,6-7H2,1-5H3,(H,18,19,20). The topological polar surface area (TPSA) is 41.1 Å². The Morgan fingerprint density at radius 3 is 2.43 bits per heavy atom. The Labute approximate surface area is 127 Å². The molecule has 0 radical (unpaired) electrons. The Morgan fingerprint density at radius 1 is 1.10 bits per heavy atom. The summed E-state index contributed by atoms with van der Waals surface area (Å²) >= 11 is 0. The molecule has 2 rings (SSSR count). The third kappa shape index (κ3) is 3.15. The van der Waals surface area contributed by atoms with E-state index in [1.54, 1.807) is 0 Å². The van der Waals surface area contributed by atoms with Crippen LogP contribution in [0.5, 0.6) is 0 Å². The van der Waals surface area contributed by atoms with E-state index in [2.05, 4.69) is 74.2 Å². The lowest BCUT2D eigenvalue weighted by molar-refractivity contribution is 0.911. The summed E-state index contributed by atoms with van der Waals surface area (Å²) in [5.41, 5.74) is 3.49. The van der Waals surface area contributed by atoms with Gasteiger partial charge < -0.3 is 10.2 Å². The Bertz CT molecular complexity index is 622. The van der Waals surface area contributed by atoms with Gasteiger partial charge in [-0.25, -0.2) is 9.97 Å². The predicted molar refractivity (Wildman–Crippen MR) is 89.6 cm³/mol. The van der Waals surface area contributed by atoms with Crippen LogP contribution in [-0.4, -0.2) is 23.6 Å². The molecule has 0 atom stereocenters. The van der Waals surface area contributed by atoms with Gasteiger partial charge in [-0.15, -0.1) is 0 Å². The van der Waals surface area contributed by atoms with E-state index in [0.29, 0.717) is 0 Å². The minimum absolute atomic E-state index is 0.827. The zero-order valence-corrected chi connectivity index (χ0v) is 13.6. The molecular formula is C17H24N4. The molecule has 2 aromatic rings. The third-order valence-electron chi connectivity index (χ3n) is 3.62. The summed E-state index contributed by atoms with van der Waals surface area (Å²) in [4.78, 5) is 11.5. The van der Waals surface area contributed by atoms with Crippen LogP contribution >= 0.6 is 0 Å². The summed E-state index contributed by atoms with van der Waals surface area (Å²) in [5, 5.41) is 3.33. The second-order valence-electron chi connectivity index (χ2n) is 5.17. The molecule has 0 spiro atoms. The van der Waals surface area contributed by atoms with Crippen LogP contribution in [-0.2, 0) is 6.42 Å². The summed E-state index contributed by atoms with van der Waals surface area (Å²) in [5.74, 6) is 2.76. The van der Waals surface area contributed by atoms with E-state index in [4.69, 9.17) is 4.98 Å². The van der Waals surface area contributed by atoms with Gasteiger partial charge in [0.2, 0.25) is 0 Å². The maximum atomic E-state index is 4.73. The van der Waals surface area contributed by atoms with Crippen LogP contribution in [0.1, 0.15) is 30.8 Å². The van der Waals surface area contributed by atoms with Crippen LogP contribution in [0, 0.1) is 13.8 Å². The molecule has 0 saturated carbocycles.